The van der Waals surface area contributed by atoms with E-state index < -0.39 is 0 Å². The standard InChI is InChI=1S/C27H30N2O2S/c1-20-25(23-14-8-7-13-22(23)17-27(20)15-9-4-10-16-27)28-26(29(2)19-30)32-18-24(31)21-11-5-3-6-12-21/h3,5-8,11-14,19H,4,9-10,15-18H2,1-2H3/b28-26+. The third kappa shape index (κ3) is 4.58. The molecule has 0 saturated heterocycles. The number of hydrogen-bond donors (Lipinski definition) is 0. The van der Waals surface area contributed by atoms with Crippen molar-refractivity contribution in [1.82, 2.24) is 4.90 Å². The molecule has 0 atom stereocenters. The summed E-state index contributed by atoms with van der Waals surface area (Å²) in [5.74, 6) is 0.265. The number of aliphatic imine (C=N–C) groups is 1. The summed E-state index contributed by atoms with van der Waals surface area (Å²) in [5.41, 5.74) is 5.60. The van der Waals surface area contributed by atoms with E-state index in [4.69, 9.17) is 4.99 Å². The van der Waals surface area contributed by atoms with Crippen molar-refractivity contribution >= 4 is 34.8 Å². The average Bonchev–Trinajstić information content (AvgIpc) is 2.84. The molecule has 2 aromatic carbocycles. The molecule has 0 radical (unpaired) electrons. The second-order valence-corrected chi connectivity index (χ2v) is 9.78. The van der Waals surface area contributed by atoms with Gasteiger partial charge in [0.2, 0.25) is 6.41 Å². The first-order chi connectivity index (χ1) is 15.5. The van der Waals surface area contributed by atoms with E-state index in [1.54, 1.807) is 7.05 Å². The molecule has 2 aromatic rings. The number of ketones is 1. The minimum Gasteiger partial charge on any atom is -0.297 e. The zero-order valence-corrected chi connectivity index (χ0v) is 19.7. The van der Waals surface area contributed by atoms with E-state index in [1.165, 1.54) is 59.9 Å². The second-order valence-electron chi connectivity index (χ2n) is 8.84. The van der Waals surface area contributed by atoms with E-state index in [0.29, 0.717) is 10.7 Å². The molecule has 4 rings (SSSR count). The number of nitrogens with zero attached hydrogens (tertiary/aromatic N) is 2. The van der Waals surface area contributed by atoms with Crippen LogP contribution in [0.15, 0.2) is 65.2 Å². The summed E-state index contributed by atoms with van der Waals surface area (Å²) in [6, 6.07) is 17.8. The van der Waals surface area contributed by atoms with Crippen molar-refractivity contribution < 1.29 is 9.59 Å². The van der Waals surface area contributed by atoms with Crippen LogP contribution in [-0.4, -0.2) is 35.1 Å². The van der Waals surface area contributed by atoms with Crippen LogP contribution < -0.4 is 0 Å². The summed E-state index contributed by atoms with van der Waals surface area (Å²) in [5, 5.41) is 0.557. The molecule has 1 spiro atoms. The molecule has 32 heavy (non-hydrogen) atoms. The maximum Gasteiger partial charge on any atom is 0.215 e. The number of rotatable bonds is 5. The van der Waals surface area contributed by atoms with Gasteiger partial charge in [-0.1, -0.05) is 85.6 Å². The number of amides is 1. The number of Topliss-reactive ketones (excluding diaryl/α,β-unsaturated/α-hetero) is 1. The highest BCUT2D eigenvalue weighted by Crippen LogP contribution is 2.51. The lowest BCUT2D eigenvalue weighted by atomic mass is 9.62. The van der Waals surface area contributed by atoms with E-state index >= 15 is 0 Å². The number of benzene rings is 2. The highest BCUT2D eigenvalue weighted by molar-refractivity contribution is 8.14. The van der Waals surface area contributed by atoms with Crippen molar-refractivity contribution in [2.75, 3.05) is 12.8 Å². The van der Waals surface area contributed by atoms with E-state index in [-0.39, 0.29) is 17.0 Å². The molecule has 1 fully saturated rings. The number of thioether (sulfide) groups is 1. The third-order valence-electron chi connectivity index (χ3n) is 6.86. The van der Waals surface area contributed by atoms with E-state index in [1.807, 2.05) is 30.3 Å². The molecule has 0 aliphatic heterocycles. The molecule has 2 aliphatic carbocycles. The Morgan fingerprint density at radius 1 is 1.06 bits per heavy atom. The fraction of sp³-hybridized carbons (Fsp3) is 0.370. The highest BCUT2D eigenvalue weighted by atomic mass is 32.2. The van der Waals surface area contributed by atoms with E-state index in [2.05, 4.69) is 31.2 Å². The van der Waals surface area contributed by atoms with Crippen molar-refractivity contribution in [3.05, 3.63) is 76.9 Å². The number of hydrogen-bond acceptors (Lipinski definition) is 4. The molecule has 1 saturated carbocycles. The number of allylic oxidation sites excluding steroid dienone is 1. The first kappa shape index (κ1) is 22.5. The van der Waals surface area contributed by atoms with Gasteiger partial charge in [-0.3, -0.25) is 14.5 Å². The van der Waals surface area contributed by atoms with Gasteiger partial charge in [-0.05, 0) is 42.7 Å². The summed E-state index contributed by atoms with van der Waals surface area (Å²) < 4.78 is 0. The third-order valence-corrected chi connectivity index (χ3v) is 7.90. The first-order valence-corrected chi connectivity index (χ1v) is 12.3. The van der Waals surface area contributed by atoms with E-state index in [0.717, 1.165) is 24.1 Å². The average molecular weight is 447 g/mol. The van der Waals surface area contributed by atoms with Gasteiger partial charge in [0.05, 0.1) is 11.4 Å². The molecule has 4 nitrogen and oxygen atoms in total. The van der Waals surface area contributed by atoms with Gasteiger partial charge in [-0.25, -0.2) is 4.99 Å². The van der Waals surface area contributed by atoms with Gasteiger partial charge < -0.3 is 0 Å². The normalized spacial score (nSPS) is 17.8. The summed E-state index contributed by atoms with van der Waals surface area (Å²) in [6.07, 6.45) is 7.99. The Kier molecular flexibility index (Phi) is 6.95. The summed E-state index contributed by atoms with van der Waals surface area (Å²) in [6.45, 7) is 2.22. The Morgan fingerprint density at radius 2 is 1.75 bits per heavy atom. The van der Waals surface area contributed by atoms with E-state index in [9.17, 15) is 9.59 Å². The molecule has 0 bridgehead atoms. The Labute approximate surface area is 194 Å². The Morgan fingerprint density at radius 3 is 2.47 bits per heavy atom. The number of carbonyl (C=O) groups excluding carboxylic acids is 2. The maximum absolute atomic E-state index is 12.7. The number of amidine groups is 1. The molecule has 166 valence electrons. The molecule has 2 aliphatic rings. The predicted molar refractivity (Wildman–Crippen MR) is 133 cm³/mol. The molecule has 5 heteroatoms. The summed E-state index contributed by atoms with van der Waals surface area (Å²) in [7, 11) is 1.70. The molecule has 0 heterocycles. The first-order valence-electron chi connectivity index (χ1n) is 11.3. The largest absolute Gasteiger partial charge is 0.297 e. The SMILES string of the molecule is CC1=C(/N=C(/SCC(=O)c2ccccc2)N(C)C=O)c2ccccc2CC12CCCCC2. The molecular weight excluding hydrogens is 416 g/mol. The maximum atomic E-state index is 12.7. The van der Waals surface area contributed by atoms with Gasteiger partial charge in [0.1, 0.15) is 0 Å². The lowest BCUT2D eigenvalue weighted by Gasteiger charge is -2.42. The number of fused-ring (bicyclic) bond motifs is 1. The molecule has 1 amide bonds. The molecule has 0 aromatic heterocycles. The van der Waals surface area contributed by atoms with Crippen molar-refractivity contribution in [1.29, 1.82) is 0 Å². The Balaban J connectivity index is 1.70. The van der Waals surface area contributed by atoms with Crippen molar-refractivity contribution in [3.8, 4) is 0 Å². The van der Waals surface area contributed by atoms with Crippen LogP contribution in [0.25, 0.3) is 5.70 Å². The minimum absolute atomic E-state index is 0.0288. The molecule has 0 N–H and O–H groups in total. The Hall–Kier alpha value is -2.66. The van der Waals surface area contributed by atoms with Crippen LogP contribution in [0, 0.1) is 5.41 Å². The Bertz CT molecular complexity index is 1050. The van der Waals surface area contributed by atoms with Crippen LogP contribution >= 0.6 is 11.8 Å². The lowest BCUT2D eigenvalue weighted by Crippen LogP contribution is -2.32. The quantitative estimate of drug-likeness (QED) is 0.245. The summed E-state index contributed by atoms with van der Waals surface area (Å²) in [4.78, 5) is 30.8. The van der Waals surface area contributed by atoms with Crippen LogP contribution in [0.3, 0.4) is 0 Å². The van der Waals surface area contributed by atoms with Crippen LogP contribution in [0.2, 0.25) is 0 Å². The minimum atomic E-state index is 0.0288. The van der Waals surface area contributed by atoms with Gasteiger partial charge in [0, 0.05) is 18.2 Å². The molecule has 0 unspecified atom stereocenters. The zero-order valence-electron chi connectivity index (χ0n) is 18.8. The van der Waals surface area contributed by atoms with Crippen molar-refractivity contribution in [2.45, 2.75) is 45.4 Å². The fourth-order valence-electron chi connectivity index (χ4n) is 4.97. The van der Waals surface area contributed by atoms with Crippen LogP contribution in [-0.2, 0) is 11.2 Å². The number of carbonyl (C=O) groups is 2. The van der Waals surface area contributed by atoms with Gasteiger partial charge in [0.25, 0.3) is 0 Å². The molecular formula is C27H30N2O2S. The zero-order chi connectivity index (χ0) is 22.6. The van der Waals surface area contributed by atoms with Gasteiger partial charge in [-0.15, -0.1) is 0 Å². The van der Waals surface area contributed by atoms with Gasteiger partial charge >= 0.3 is 0 Å². The van der Waals surface area contributed by atoms with Crippen LogP contribution in [0.4, 0.5) is 0 Å². The van der Waals surface area contributed by atoms with Gasteiger partial charge in [0.15, 0.2) is 11.0 Å². The van der Waals surface area contributed by atoms with Crippen LogP contribution in [0.5, 0.6) is 0 Å². The van der Waals surface area contributed by atoms with Crippen molar-refractivity contribution in [3.63, 3.8) is 0 Å². The second kappa shape index (κ2) is 9.86. The van der Waals surface area contributed by atoms with Crippen LogP contribution in [0.1, 0.15) is 60.5 Å². The fourth-order valence-corrected chi connectivity index (χ4v) is 5.80. The highest BCUT2D eigenvalue weighted by Gasteiger charge is 2.39. The topological polar surface area (TPSA) is 49.7 Å². The van der Waals surface area contributed by atoms with Gasteiger partial charge in [-0.2, -0.15) is 0 Å². The monoisotopic (exact) mass is 446 g/mol. The smallest absolute Gasteiger partial charge is 0.215 e. The van der Waals surface area contributed by atoms with Crippen molar-refractivity contribution in [2.24, 2.45) is 10.4 Å². The predicted octanol–water partition coefficient (Wildman–Crippen LogP) is 5.98. The lowest BCUT2D eigenvalue weighted by molar-refractivity contribution is -0.113. The summed E-state index contributed by atoms with van der Waals surface area (Å²) >= 11 is 1.32.